The molecule has 0 saturated heterocycles. The van der Waals surface area contributed by atoms with Crippen LogP contribution in [0.25, 0.3) is 0 Å². The second kappa shape index (κ2) is 9.52. The minimum absolute atomic E-state index is 0.171. The summed E-state index contributed by atoms with van der Waals surface area (Å²) in [5.74, 6) is 0.873. The highest BCUT2D eigenvalue weighted by atomic mass is 35.5. The van der Waals surface area contributed by atoms with Crippen LogP contribution in [0.2, 0.25) is 10.0 Å². The van der Waals surface area contributed by atoms with Crippen LogP contribution in [0, 0.1) is 0 Å². The van der Waals surface area contributed by atoms with Gasteiger partial charge in [0.1, 0.15) is 10.9 Å². The maximum absolute atomic E-state index is 11.3. The first kappa shape index (κ1) is 21.5. The molecule has 2 aromatic heterocycles. The number of halogens is 2. The van der Waals surface area contributed by atoms with Crippen molar-refractivity contribution < 1.29 is 4.79 Å². The van der Waals surface area contributed by atoms with Gasteiger partial charge in [-0.2, -0.15) is 0 Å². The second-order valence-corrected chi connectivity index (χ2v) is 8.64. The van der Waals surface area contributed by atoms with Gasteiger partial charge in [0.25, 0.3) is 0 Å². The fourth-order valence-corrected chi connectivity index (χ4v) is 4.72. The first-order valence-corrected chi connectivity index (χ1v) is 10.6. The molecule has 0 atom stereocenters. The number of benzene rings is 1. The van der Waals surface area contributed by atoms with Gasteiger partial charge in [-0.05, 0) is 36.2 Å². The predicted molar refractivity (Wildman–Crippen MR) is 117 cm³/mol. The third-order valence-electron chi connectivity index (χ3n) is 4.09. The van der Waals surface area contributed by atoms with E-state index in [4.69, 9.17) is 33.9 Å². The van der Waals surface area contributed by atoms with Gasteiger partial charge in [-0.15, -0.1) is 0 Å². The molecular formula is C20H21Cl2N5OS. The van der Waals surface area contributed by atoms with Crippen LogP contribution < -0.4 is 11.1 Å². The zero-order valence-electron chi connectivity index (χ0n) is 16.0. The molecule has 0 radical (unpaired) electrons. The number of hydrogen-bond acceptors (Lipinski definition) is 4. The number of aromatic nitrogens is 3. The van der Waals surface area contributed by atoms with E-state index >= 15 is 0 Å². The molecule has 0 bridgehead atoms. The summed E-state index contributed by atoms with van der Waals surface area (Å²) in [6.07, 6.45) is 1.75. The van der Waals surface area contributed by atoms with Crippen LogP contribution in [-0.4, -0.2) is 20.6 Å². The monoisotopic (exact) mass is 449 g/mol. The molecule has 0 aliphatic rings. The highest BCUT2D eigenvalue weighted by Crippen LogP contribution is 2.37. The molecule has 3 N–H and O–H groups in total. The first-order valence-electron chi connectivity index (χ1n) is 9.00. The maximum Gasteiger partial charge on any atom is 0.312 e. The Labute approximate surface area is 183 Å². The van der Waals surface area contributed by atoms with Gasteiger partial charge in [-0.3, -0.25) is 4.98 Å². The van der Waals surface area contributed by atoms with E-state index in [9.17, 15) is 4.79 Å². The molecule has 0 unspecified atom stereocenters. The van der Waals surface area contributed by atoms with Gasteiger partial charge in [0.05, 0.1) is 24.5 Å². The highest BCUT2D eigenvalue weighted by molar-refractivity contribution is 7.99. The van der Waals surface area contributed by atoms with Crippen LogP contribution in [0.4, 0.5) is 4.79 Å². The molecule has 6 nitrogen and oxygen atoms in total. The SMILES string of the molecule is CC(C)c1nc(CNC(N)=O)n(Cc2ccccn2)c1Sc1cc(Cl)cc(Cl)c1. The summed E-state index contributed by atoms with van der Waals surface area (Å²) in [7, 11) is 0. The normalized spacial score (nSPS) is 11.1. The summed E-state index contributed by atoms with van der Waals surface area (Å²) < 4.78 is 2.05. The number of primary amides is 1. The van der Waals surface area contributed by atoms with E-state index in [2.05, 4.69) is 24.1 Å². The number of nitrogens with one attached hydrogen (secondary N) is 1. The highest BCUT2D eigenvalue weighted by Gasteiger charge is 2.21. The van der Waals surface area contributed by atoms with Crippen molar-refractivity contribution in [3.8, 4) is 0 Å². The fraction of sp³-hybridized carbons (Fsp3) is 0.250. The molecular weight excluding hydrogens is 429 g/mol. The Morgan fingerprint density at radius 2 is 1.97 bits per heavy atom. The first-order chi connectivity index (χ1) is 13.8. The number of carbonyl (C=O) groups excluding carboxylic acids is 1. The van der Waals surface area contributed by atoms with Crippen LogP contribution in [0.5, 0.6) is 0 Å². The van der Waals surface area contributed by atoms with Crippen molar-refractivity contribution in [2.24, 2.45) is 5.73 Å². The lowest BCUT2D eigenvalue weighted by Gasteiger charge is -2.13. The lowest BCUT2D eigenvalue weighted by Crippen LogP contribution is -2.30. The number of carbonyl (C=O) groups is 1. The van der Waals surface area contributed by atoms with E-state index in [0.717, 1.165) is 21.3 Å². The molecule has 9 heteroatoms. The van der Waals surface area contributed by atoms with Crippen LogP contribution in [-0.2, 0) is 13.1 Å². The maximum atomic E-state index is 11.3. The molecule has 0 aliphatic heterocycles. The summed E-state index contributed by atoms with van der Waals surface area (Å²) in [4.78, 5) is 21.4. The lowest BCUT2D eigenvalue weighted by molar-refractivity contribution is 0.248. The number of nitrogens with two attached hydrogens (primary N) is 1. The van der Waals surface area contributed by atoms with E-state index in [1.54, 1.807) is 12.3 Å². The number of hydrogen-bond donors (Lipinski definition) is 2. The zero-order chi connectivity index (χ0) is 21.0. The third-order valence-corrected chi connectivity index (χ3v) is 5.62. The third kappa shape index (κ3) is 5.65. The number of amides is 2. The Kier molecular flexibility index (Phi) is 7.05. The molecule has 0 fully saturated rings. The molecule has 3 aromatic rings. The average molecular weight is 450 g/mol. The molecule has 2 amide bonds. The zero-order valence-corrected chi connectivity index (χ0v) is 18.4. The topological polar surface area (TPSA) is 85.8 Å². The van der Waals surface area contributed by atoms with Gasteiger partial charge in [0, 0.05) is 21.1 Å². The summed E-state index contributed by atoms with van der Waals surface area (Å²) in [5.41, 5.74) is 7.07. The number of pyridine rings is 1. The molecule has 29 heavy (non-hydrogen) atoms. The molecule has 0 spiro atoms. The predicted octanol–water partition coefficient (Wildman–Crippen LogP) is 5.08. The van der Waals surface area contributed by atoms with E-state index in [0.29, 0.717) is 22.4 Å². The number of imidazole rings is 1. The summed E-state index contributed by atoms with van der Waals surface area (Å²) >= 11 is 13.9. The van der Waals surface area contributed by atoms with Crippen molar-refractivity contribution in [1.29, 1.82) is 0 Å². The van der Waals surface area contributed by atoms with Crippen molar-refractivity contribution in [3.63, 3.8) is 0 Å². The molecule has 1 aromatic carbocycles. The van der Waals surface area contributed by atoms with E-state index in [1.807, 2.05) is 34.9 Å². The van der Waals surface area contributed by atoms with Crippen molar-refractivity contribution >= 4 is 41.0 Å². The summed E-state index contributed by atoms with van der Waals surface area (Å²) in [6.45, 7) is 4.88. The van der Waals surface area contributed by atoms with Gasteiger partial charge in [0.15, 0.2) is 0 Å². The molecule has 152 valence electrons. The largest absolute Gasteiger partial charge is 0.352 e. The number of nitrogens with zero attached hydrogens (tertiary/aromatic N) is 3. The van der Waals surface area contributed by atoms with Crippen molar-refractivity contribution in [2.75, 3.05) is 0 Å². The molecule has 2 heterocycles. The van der Waals surface area contributed by atoms with Crippen LogP contribution in [0.15, 0.2) is 52.5 Å². The Morgan fingerprint density at radius 1 is 1.24 bits per heavy atom. The smallest absolute Gasteiger partial charge is 0.312 e. The molecule has 3 rings (SSSR count). The fourth-order valence-electron chi connectivity index (χ4n) is 2.80. The van der Waals surface area contributed by atoms with Gasteiger partial charge in [-0.25, -0.2) is 9.78 Å². The Balaban J connectivity index is 2.08. The van der Waals surface area contributed by atoms with Gasteiger partial charge >= 0.3 is 6.03 Å². The average Bonchev–Trinajstić information content (AvgIpc) is 2.97. The Morgan fingerprint density at radius 3 is 2.55 bits per heavy atom. The van der Waals surface area contributed by atoms with Gasteiger partial charge in [0.2, 0.25) is 0 Å². The van der Waals surface area contributed by atoms with Crippen LogP contribution >= 0.6 is 35.0 Å². The minimum atomic E-state index is -0.598. The van der Waals surface area contributed by atoms with Gasteiger partial charge in [-0.1, -0.05) is 54.9 Å². The minimum Gasteiger partial charge on any atom is -0.352 e. The quantitative estimate of drug-likeness (QED) is 0.526. The number of urea groups is 1. The Hall–Kier alpha value is -2.22. The van der Waals surface area contributed by atoms with Crippen molar-refractivity contribution in [1.82, 2.24) is 19.9 Å². The van der Waals surface area contributed by atoms with Crippen molar-refractivity contribution in [2.45, 2.75) is 42.8 Å². The van der Waals surface area contributed by atoms with Gasteiger partial charge < -0.3 is 15.6 Å². The van der Waals surface area contributed by atoms with E-state index < -0.39 is 6.03 Å². The molecule has 0 saturated carbocycles. The lowest BCUT2D eigenvalue weighted by atomic mass is 10.1. The van der Waals surface area contributed by atoms with Crippen LogP contribution in [0.1, 0.15) is 37.0 Å². The summed E-state index contributed by atoms with van der Waals surface area (Å²) in [6, 6.07) is 10.6. The number of rotatable bonds is 7. The van der Waals surface area contributed by atoms with Crippen LogP contribution in [0.3, 0.4) is 0 Å². The standard InChI is InChI=1S/C20H21Cl2N5OS/c1-12(2)18-19(29-16-8-13(21)7-14(22)9-16)27(11-15-5-3-4-6-24-15)17(26-18)10-25-20(23)28/h3-9,12H,10-11H2,1-2H3,(H3,23,25,28). The van der Waals surface area contributed by atoms with E-state index in [1.165, 1.54) is 11.8 Å². The molecule has 0 aliphatic carbocycles. The Bertz CT molecular complexity index is 987. The second-order valence-electron chi connectivity index (χ2n) is 6.71. The van der Waals surface area contributed by atoms with E-state index in [-0.39, 0.29) is 12.5 Å². The van der Waals surface area contributed by atoms with Crippen molar-refractivity contribution in [3.05, 3.63) is 69.9 Å². The summed E-state index contributed by atoms with van der Waals surface area (Å²) in [5, 5.41) is 4.72.